The number of amides is 1. The van der Waals surface area contributed by atoms with Crippen molar-refractivity contribution in [2.24, 2.45) is 11.7 Å². The van der Waals surface area contributed by atoms with Crippen molar-refractivity contribution in [3.8, 4) is 0 Å². The first-order valence-corrected chi connectivity index (χ1v) is 6.74. The Kier molecular flexibility index (Phi) is 4.65. The lowest BCUT2D eigenvalue weighted by Gasteiger charge is -2.27. The summed E-state index contributed by atoms with van der Waals surface area (Å²) in [5.41, 5.74) is 5.44. The number of aromatic nitrogens is 1. The fourth-order valence-electron chi connectivity index (χ4n) is 1.49. The van der Waals surface area contributed by atoms with E-state index in [0.717, 1.165) is 11.4 Å². The summed E-state index contributed by atoms with van der Waals surface area (Å²) in [6.45, 7) is 7.89. The molecule has 0 radical (unpaired) electrons. The molecule has 1 aromatic heterocycles. The van der Waals surface area contributed by atoms with Gasteiger partial charge in [-0.2, -0.15) is 0 Å². The van der Waals surface area contributed by atoms with Gasteiger partial charge in [-0.3, -0.25) is 4.79 Å². The molecule has 0 aliphatic heterocycles. The highest BCUT2D eigenvalue weighted by Gasteiger charge is 2.29. The summed E-state index contributed by atoms with van der Waals surface area (Å²) in [4.78, 5) is 16.2. The molecule has 0 aromatic carbocycles. The zero-order valence-electron chi connectivity index (χ0n) is 10.9. The van der Waals surface area contributed by atoms with E-state index in [9.17, 15) is 4.79 Å². The molecule has 1 heterocycles. The van der Waals surface area contributed by atoms with Gasteiger partial charge in [0, 0.05) is 11.6 Å². The monoisotopic (exact) mass is 255 g/mol. The standard InChI is InChI=1S/C12H21N3OS/c1-5-8(2)9(13)10(16)15-12(3,4)11-14-6-7-17-11/h6-9H,5,13H2,1-4H3,(H,15,16)/t8-,9-/m0/s1. The van der Waals surface area contributed by atoms with Gasteiger partial charge in [-0.25, -0.2) is 4.98 Å². The molecule has 0 bridgehead atoms. The second-order valence-electron chi connectivity index (χ2n) is 4.86. The first-order chi connectivity index (χ1) is 7.88. The smallest absolute Gasteiger partial charge is 0.237 e. The number of thiazole rings is 1. The zero-order chi connectivity index (χ0) is 13.1. The van der Waals surface area contributed by atoms with Gasteiger partial charge in [-0.05, 0) is 19.8 Å². The average Bonchev–Trinajstić information content (AvgIpc) is 2.80. The van der Waals surface area contributed by atoms with E-state index in [4.69, 9.17) is 5.73 Å². The first kappa shape index (κ1) is 14.1. The number of nitrogens with one attached hydrogen (secondary N) is 1. The Bertz CT molecular complexity index is 362. The Labute approximate surface area is 107 Å². The Morgan fingerprint density at radius 1 is 1.65 bits per heavy atom. The molecule has 1 rings (SSSR count). The van der Waals surface area contributed by atoms with E-state index in [-0.39, 0.29) is 11.8 Å². The highest BCUT2D eigenvalue weighted by Crippen LogP contribution is 2.22. The lowest BCUT2D eigenvalue weighted by Crippen LogP contribution is -2.51. The highest BCUT2D eigenvalue weighted by atomic mass is 32.1. The minimum absolute atomic E-state index is 0.112. The molecular weight excluding hydrogens is 234 g/mol. The largest absolute Gasteiger partial charge is 0.343 e. The van der Waals surface area contributed by atoms with Gasteiger partial charge in [-0.1, -0.05) is 20.3 Å². The minimum atomic E-state index is -0.462. The van der Waals surface area contributed by atoms with Gasteiger partial charge in [0.25, 0.3) is 0 Å². The van der Waals surface area contributed by atoms with Gasteiger partial charge in [0.05, 0.1) is 11.6 Å². The fraction of sp³-hybridized carbons (Fsp3) is 0.667. The average molecular weight is 255 g/mol. The third-order valence-corrected chi connectivity index (χ3v) is 4.06. The number of carbonyl (C=O) groups is 1. The number of nitrogens with zero attached hydrogens (tertiary/aromatic N) is 1. The molecule has 0 unspecified atom stereocenters. The Hall–Kier alpha value is -0.940. The van der Waals surface area contributed by atoms with Crippen LogP contribution < -0.4 is 11.1 Å². The maximum absolute atomic E-state index is 12.0. The van der Waals surface area contributed by atoms with Crippen LogP contribution in [0.4, 0.5) is 0 Å². The molecule has 1 amide bonds. The van der Waals surface area contributed by atoms with Crippen LogP contribution in [-0.4, -0.2) is 16.9 Å². The van der Waals surface area contributed by atoms with Crippen LogP contribution >= 0.6 is 11.3 Å². The van der Waals surface area contributed by atoms with Crippen LogP contribution in [0.1, 0.15) is 39.1 Å². The fourth-order valence-corrected chi connectivity index (χ4v) is 2.21. The van der Waals surface area contributed by atoms with E-state index >= 15 is 0 Å². The highest BCUT2D eigenvalue weighted by molar-refractivity contribution is 7.09. The molecule has 17 heavy (non-hydrogen) atoms. The molecule has 0 aliphatic carbocycles. The minimum Gasteiger partial charge on any atom is -0.343 e. The molecule has 0 spiro atoms. The maximum atomic E-state index is 12.0. The summed E-state index contributed by atoms with van der Waals surface area (Å²) in [5, 5.41) is 5.75. The first-order valence-electron chi connectivity index (χ1n) is 5.86. The van der Waals surface area contributed by atoms with Crippen molar-refractivity contribution in [3.63, 3.8) is 0 Å². The number of nitrogens with two attached hydrogens (primary N) is 1. The van der Waals surface area contributed by atoms with Gasteiger partial charge in [0.15, 0.2) is 0 Å². The predicted octanol–water partition coefficient (Wildman–Crippen LogP) is 1.87. The summed E-state index contributed by atoms with van der Waals surface area (Å²) in [5.74, 6) is 0.0710. The number of rotatable bonds is 5. The molecule has 96 valence electrons. The number of hydrogen-bond donors (Lipinski definition) is 2. The lowest BCUT2D eigenvalue weighted by molar-refractivity contribution is -0.125. The molecular formula is C12H21N3OS. The van der Waals surface area contributed by atoms with Crippen LogP contribution in [0.25, 0.3) is 0 Å². The van der Waals surface area contributed by atoms with Crippen molar-refractivity contribution in [1.82, 2.24) is 10.3 Å². The van der Waals surface area contributed by atoms with Crippen LogP contribution in [0.3, 0.4) is 0 Å². The second-order valence-corrected chi connectivity index (χ2v) is 5.76. The summed E-state index contributed by atoms with van der Waals surface area (Å²) < 4.78 is 0. The van der Waals surface area contributed by atoms with Crippen molar-refractivity contribution >= 4 is 17.2 Å². The zero-order valence-corrected chi connectivity index (χ0v) is 11.7. The van der Waals surface area contributed by atoms with Crippen LogP contribution in [-0.2, 0) is 10.3 Å². The van der Waals surface area contributed by atoms with Gasteiger partial charge in [-0.15, -0.1) is 11.3 Å². The third-order valence-electron chi connectivity index (χ3n) is 2.96. The Morgan fingerprint density at radius 2 is 2.29 bits per heavy atom. The van der Waals surface area contributed by atoms with Crippen molar-refractivity contribution in [2.45, 2.75) is 45.7 Å². The van der Waals surface area contributed by atoms with Gasteiger partial charge >= 0.3 is 0 Å². The van der Waals surface area contributed by atoms with E-state index in [2.05, 4.69) is 10.3 Å². The molecule has 0 saturated heterocycles. The van der Waals surface area contributed by atoms with Crippen molar-refractivity contribution in [3.05, 3.63) is 16.6 Å². The normalized spacial score (nSPS) is 15.4. The summed E-state index contributed by atoms with van der Waals surface area (Å²) in [6.07, 6.45) is 2.63. The summed E-state index contributed by atoms with van der Waals surface area (Å²) in [7, 11) is 0. The summed E-state index contributed by atoms with van der Waals surface area (Å²) >= 11 is 1.53. The van der Waals surface area contributed by atoms with Gasteiger partial charge in [0.2, 0.25) is 5.91 Å². The molecule has 4 nitrogen and oxygen atoms in total. The third kappa shape index (κ3) is 3.51. The molecule has 0 fully saturated rings. The van der Waals surface area contributed by atoms with Crippen molar-refractivity contribution in [2.75, 3.05) is 0 Å². The molecule has 0 aliphatic rings. The number of hydrogen-bond acceptors (Lipinski definition) is 4. The van der Waals surface area contributed by atoms with Crippen LogP contribution in [0, 0.1) is 5.92 Å². The van der Waals surface area contributed by atoms with Gasteiger partial charge in [0.1, 0.15) is 5.01 Å². The SMILES string of the molecule is CC[C@H](C)[C@H](N)C(=O)NC(C)(C)c1nccs1. The lowest BCUT2D eigenvalue weighted by atomic mass is 9.97. The molecule has 0 saturated carbocycles. The van der Waals surface area contributed by atoms with Crippen molar-refractivity contribution in [1.29, 1.82) is 0 Å². The topological polar surface area (TPSA) is 68.0 Å². The van der Waals surface area contributed by atoms with Gasteiger partial charge < -0.3 is 11.1 Å². The van der Waals surface area contributed by atoms with Crippen LogP contribution in [0.15, 0.2) is 11.6 Å². The van der Waals surface area contributed by atoms with E-state index in [1.165, 1.54) is 11.3 Å². The molecule has 5 heteroatoms. The second kappa shape index (κ2) is 5.60. The van der Waals surface area contributed by atoms with Crippen LogP contribution in [0.2, 0.25) is 0 Å². The van der Waals surface area contributed by atoms with E-state index in [1.54, 1.807) is 6.20 Å². The Balaban J connectivity index is 2.68. The predicted molar refractivity (Wildman–Crippen MR) is 70.7 cm³/mol. The van der Waals surface area contributed by atoms with Crippen LogP contribution in [0.5, 0.6) is 0 Å². The maximum Gasteiger partial charge on any atom is 0.237 e. The van der Waals surface area contributed by atoms with E-state index in [1.807, 2.05) is 33.1 Å². The summed E-state index contributed by atoms with van der Waals surface area (Å²) in [6, 6.07) is -0.459. The Morgan fingerprint density at radius 3 is 2.76 bits per heavy atom. The number of carbonyl (C=O) groups excluding carboxylic acids is 1. The molecule has 1 aromatic rings. The van der Waals surface area contributed by atoms with E-state index < -0.39 is 11.6 Å². The van der Waals surface area contributed by atoms with E-state index in [0.29, 0.717) is 0 Å². The molecule has 3 N–H and O–H groups in total. The van der Waals surface area contributed by atoms with Crippen molar-refractivity contribution < 1.29 is 4.79 Å². The quantitative estimate of drug-likeness (QED) is 0.844. The molecule has 2 atom stereocenters.